The smallest absolute Gasteiger partial charge is 0.410 e. The van der Waals surface area contributed by atoms with Gasteiger partial charge in [-0.15, -0.1) is 0 Å². The fraction of sp³-hybridized carbons (Fsp3) is 0. The summed E-state index contributed by atoms with van der Waals surface area (Å²) >= 11 is 5.67. The van der Waals surface area contributed by atoms with Crippen molar-refractivity contribution in [3.8, 4) is 11.1 Å². The number of anilines is 1. The molecule has 0 aliphatic carbocycles. The second-order valence-electron chi connectivity index (χ2n) is 3.79. The lowest BCUT2D eigenvalue weighted by Crippen LogP contribution is -2.11. The van der Waals surface area contributed by atoms with Crippen LogP contribution in [0.15, 0.2) is 30.5 Å². The van der Waals surface area contributed by atoms with Crippen LogP contribution in [0.25, 0.3) is 11.1 Å². The topological polar surface area (TPSA) is 79.3 Å². The lowest BCUT2D eigenvalue weighted by molar-refractivity contribution is 0.112. The van der Waals surface area contributed by atoms with Gasteiger partial charge in [0.15, 0.2) is 6.29 Å². The molecule has 0 spiro atoms. The highest BCUT2D eigenvalue weighted by Gasteiger charge is 2.15. The molecule has 1 amide bonds. The number of hydrogen-bond donors (Lipinski definition) is 2. The van der Waals surface area contributed by atoms with Crippen molar-refractivity contribution in [2.24, 2.45) is 0 Å². The van der Waals surface area contributed by atoms with E-state index in [1.807, 2.05) is 5.32 Å². The zero-order valence-electron chi connectivity index (χ0n) is 9.93. The average Bonchev–Trinajstić information content (AvgIpc) is 2.38. The lowest BCUT2D eigenvalue weighted by Gasteiger charge is -2.10. The molecule has 0 aliphatic rings. The Bertz CT molecular complexity index is 691. The molecule has 2 aromatic rings. The molecule has 1 aromatic heterocycles. The van der Waals surface area contributed by atoms with Crippen LogP contribution >= 0.6 is 11.6 Å². The molecule has 1 heterocycles. The Morgan fingerprint density at radius 3 is 2.70 bits per heavy atom. The normalized spacial score (nSPS) is 10.1. The minimum atomic E-state index is -1.37. The van der Waals surface area contributed by atoms with Crippen molar-refractivity contribution in [2.45, 2.75) is 0 Å². The van der Waals surface area contributed by atoms with Crippen LogP contribution in [-0.2, 0) is 0 Å². The number of nitrogens with one attached hydrogen (secondary N) is 1. The first-order valence-corrected chi connectivity index (χ1v) is 5.80. The first-order chi connectivity index (χ1) is 9.52. The van der Waals surface area contributed by atoms with Crippen molar-refractivity contribution in [1.29, 1.82) is 0 Å². The van der Waals surface area contributed by atoms with Crippen molar-refractivity contribution in [3.63, 3.8) is 0 Å². The van der Waals surface area contributed by atoms with E-state index in [0.717, 1.165) is 6.07 Å². The Morgan fingerprint density at radius 1 is 1.35 bits per heavy atom. The van der Waals surface area contributed by atoms with Gasteiger partial charge in [-0.2, -0.15) is 0 Å². The van der Waals surface area contributed by atoms with Gasteiger partial charge in [0.05, 0.1) is 5.56 Å². The predicted octanol–water partition coefficient (Wildman–Crippen LogP) is 3.44. The van der Waals surface area contributed by atoms with Crippen molar-refractivity contribution in [2.75, 3.05) is 5.32 Å². The molecule has 2 rings (SSSR count). The minimum absolute atomic E-state index is 0.0453. The fourth-order valence-corrected chi connectivity index (χ4v) is 1.89. The molecule has 0 bridgehead atoms. The van der Waals surface area contributed by atoms with E-state index in [1.165, 1.54) is 24.4 Å². The third kappa shape index (κ3) is 2.75. The summed E-state index contributed by atoms with van der Waals surface area (Å²) < 4.78 is 13.9. The van der Waals surface area contributed by atoms with Crippen LogP contribution in [0.1, 0.15) is 10.4 Å². The molecule has 7 heteroatoms. The maximum absolute atomic E-state index is 13.9. The Labute approximate surface area is 118 Å². The molecular weight excluding hydrogens is 287 g/mol. The van der Waals surface area contributed by atoms with E-state index in [4.69, 9.17) is 16.7 Å². The van der Waals surface area contributed by atoms with Crippen LogP contribution in [0, 0.1) is 5.82 Å². The molecule has 0 fully saturated rings. The van der Waals surface area contributed by atoms with Crippen molar-refractivity contribution >= 4 is 29.8 Å². The molecule has 0 atom stereocenters. The zero-order valence-corrected chi connectivity index (χ0v) is 10.7. The number of aromatic nitrogens is 1. The number of pyridine rings is 1. The first-order valence-electron chi connectivity index (χ1n) is 5.42. The largest absolute Gasteiger partial charge is 0.465 e. The quantitative estimate of drug-likeness (QED) is 0.850. The zero-order chi connectivity index (χ0) is 14.7. The maximum Gasteiger partial charge on any atom is 0.410 e. The summed E-state index contributed by atoms with van der Waals surface area (Å²) in [6, 6.07) is 5.41. The Balaban J connectivity index is 2.61. The van der Waals surface area contributed by atoms with E-state index in [2.05, 4.69) is 4.98 Å². The maximum atomic E-state index is 13.9. The summed E-state index contributed by atoms with van der Waals surface area (Å²) in [6.07, 6.45) is 0.331. The van der Waals surface area contributed by atoms with Gasteiger partial charge < -0.3 is 5.11 Å². The molecular formula is C13H8ClFN2O3. The third-order valence-corrected chi connectivity index (χ3v) is 2.79. The van der Waals surface area contributed by atoms with Gasteiger partial charge in [-0.3, -0.25) is 10.1 Å². The number of carbonyl (C=O) groups excluding carboxylic acids is 1. The molecule has 20 heavy (non-hydrogen) atoms. The minimum Gasteiger partial charge on any atom is -0.465 e. The molecule has 0 unspecified atom stereocenters. The number of benzene rings is 1. The first kappa shape index (κ1) is 14.0. The molecule has 1 aromatic carbocycles. The number of nitrogens with zero attached hydrogens (tertiary/aromatic N) is 1. The second kappa shape index (κ2) is 5.66. The summed E-state index contributed by atoms with van der Waals surface area (Å²) in [4.78, 5) is 25.5. The van der Waals surface area contributed by atoms with Crippen LogP contribution in [0.2, 0.25) is 5.02 Å². The molecule has 5 nitrogen and oxygen atoms in total. The van der Waals surface area contributed by atoms with Crippen molar-refractivity contribution in [1.82, 2.24) is 4.98 Å². The van der Waals surface area contributed by atoms with Gasteiger partial charge in [0, 0.05) is 22.3 Å². The highest BCUT2D eigenvalue weighted by Crippen LogP contribution is 2.30. The third-order valence-electron chi connectivity index (χ3n) is 2.55. The van der Waals surface area contributed by atoms with E-state index in [0.29, 0.717) is 6.29 Å². The Morgan fingerprint density at radius 2 is 2.10 bits per heavy atom. The van der Waals surface area contributed by atoms with Crippen LogP contribution in [0.3, 0.4) is 0 Å². The van der Waals surface area contributed by atoms with Crippen LogP contribution in [0.4, 0.5) is 15.0 Å². The highest BCUT2D eigenvalue weighted by molar-refractivity contribution is 6.30. The number of amides is 1. The molecule has 102 valence electrons. The van der Waals surface area contributed by atoms with E-state index in [-0.39, 0.29) is 27.5 Å². The van der Waals surface area contributed by atoms with Crippen molar-refractivity contribution < 1.29 is 19.1 Å². The van der Waals surface area contributed by atoms with E-state index >= 15 is 0 Å². The van der Waals surface area contributed by atoms with E-state index < -0.39 is 11.9 Å². The summed E-state index contributed by atoms with van der Waals surface area (Å²) in [5.74, 6) is -0.771. The van der Waals surface area contributed by atoms with Crippen LogP contribution < -0.4 is 5.32 Å². The number of halogens is 2. The lowest BCUT2D eigenvalue weighted by atomic mass is 10.0. The highest BCUT2D eigenvalue weighted by atomic mass is 35.5. The van der Waals surface area contributed by atoms with Gasteiger partial charge in [-0.1, -0.05) is 11.6 Å². The summed E-state index contributed by atoms with van der Waals surface area (Å²) in [5.41, 5.74) is 0.316. The van der Waals surface area contributed by atoms with Gasteiger partial charge in [-0.25, -0.2) is 14.2 Å². The average molecular weight is 295 g/mol. The molecule has 0 saturated carbocycles. The number of hydrogen-bond acceptors (Lipinski definition) is 3. The standard InChI is InChI=1S/C13H8ClFN2O3/c14-7-1-2-9(11(15)5-7)8-3-4-16-12(10(8)6-18)17-13(19)20/h1-6H,(H,16,17)(H,19,20). The van der Waals surface area contributed by atoms with Gasteiger partial charge in [0.25, 0.3) is 0 Å². The molecule has 0 aliphatic heterocycles. The van der Waals surface area contributed by atoms with Gasteiger partial charge in [-0.05, 0) is 24.3 Å². The molecule has 2 N–H and O–H groups in total. The van der Waals surface area contributed by atoms with Crippen LogP contribution in [0.5, 0.6) is 0 Å². The fourth-order valence-electron chi connectivity index (χ4n) is 1.74. The number of carbonyl (C=O) groups is 2. The second-order valence-corrected chi connectivity index (χ2v) is 4.23. The predicted molar refractivity (Wildman–Crippen MR) is 71.7 cm³/mol. The SMILES string of the molecule is O=Cc1c(-c2ccc(Cl)cc2F)ccnc1NC(=O)O. The Kier molecular flexibility index (Phi) is 3.95. The number of carboxylic acid groups (broad SMARTS) is 1. The Hall–Kier alpha value is -2.47. The molecule has 0 saturated heterocycles. The summed E-state index contributed by atoms with van der Waals surface area (Å²) in [6.45, 7) is 0. The number of rotatable bonds is 3. The van der Waals surface area contributed by atoms with Gasteiger partial charge in [0.1, 0.15) is 11.6 Å². The summed E-state index contributed by atoms with van der Waals surface area (Å²) in [7, 11) is 0. The van der Waals surface area contributed by atoms with Gasteiger partial charge in [0.2, 0.25) is 0 Å². The van der Waals surface area contributed by atoms with Crippen molar-refractivity contribution in [3.05, 3.63) is 46.9 Å². The number of aldehydes is 1. The van der Waals surface area contributed by atoms with Crippen LogP contribution in [-0.4, -0.2) is 22.5 Å². The molecule has 0 radical (unpaired) electrons. The monoisotopic (exact) mass is 294 g/mol. The van der Waals surface area contributed by atoms with E-state index in [1.54, 1.807) is 0 Å². The van der Waals surface area contributed by atoms with Gasteiger partial charge >= 0.3 is 6.09 Å². The van der Waals surface area contributed by atoms with E-state index in [9.17, 15) is 14.0 Å². The summed E-state index contributed by atoms with van der Waals surface area (Å²) in [5, 5.41) is 10.9.